The Hall–Kier alpha value is -4.51. The van der Waals surface area contributed by atoms with Crippen molar-refractivity contribution in [3.8, 4) is 16.6 Å². The zero-order valence-electron chi connectivity index (χ0n) is 22.1. The SMILES string of the molecule is N#Cc1c(C(F)(F)F)cc(-c2cccs2)nc1SC1CC(=O)N(c2ccc(C(=O)OCC(=O)c3ccccc3Cl)cc2)C1=O. The molecule has 2 aromatic heterocycles. The fourth-order valence-electron chi connectivity index (χ4n) is 4.32. The first-order valence-electron chi connectivity index (χ1n) is 12.6. The van der Waals surface area contributed by atoms with E-state index in [4.69, 9.17) is 16.3 Å². The number of benzene rings is 2. The van der Waals surface area contributed by atoms with E-state index in [2.05, 4.69) is 4.98 Å². The van der Waals surface area contributed by atoms with Gasteiger partial charge in [0.1, 0.15) is 11.1 Å². The number of Topliss-reactive ketones (excluding diaryl/α,β-unsaturated/α-hetero) is 1. The second kappa shape index (κ2) is 12.6. The smallest absolute Gasteiger partial charge is 0.417 e. The van der Waals surface area contributed by atoms with Crippen molar-refractivity contribution in [1.29, 1.82) is 5.26 Å². The summed E-state index contributed by atoms with van der Waals surface area (Å²) in [5, 5.41) is 10.00. The molecule has 0 bridgehead atoms. The number of imide groups is 1. The number of hydrogen-bond donors (Lipinski definition) is 0. The molecule has 3 heterocycles. The predicted molar refractivity (Wildman–Crippen MR) is 157 cm³/mol. The fraction of sp³-hybridized carbons (Fsp3) is 0.133. The van der Waals surface area contributed by atoms with Crippen LogP contribution in [0.5, 0.6) is 0 Å². The quantitative estimate of drug-likeness (QED) is 0.115. The number of amides is 2. The van der Waals surface area contributed by atoms with Crippen LogP contribution < -0.4 is 4.90 Å². The van der Waals surface area contributed by atoms with Crippen LogP contribution in [0.1, 0.15) is 38.3 Å². The molecule has 1 atom stereocenters. The van der Waals surface area contributed by atoms with Crippen molar-refractivity contribution >= 4 is 64.0 Å². The normalized spacial score (nSPS) is 14.9. The number of ether oxygens (including phenoxy) is 1. The number of thiophene rings is 1. The van der Waals surface area contributed by atoms with Crippen LogP contribution in [0, 0.1) is 11.3 Å². The van der Waals surface area contributed by atoms with Crippen molar-refractivity contribution in [3.05, 3.63) is 99.4 Å². The van der Waals surface area contributed by atoms with Crippen LogP contribution in [0.3, 0.4) is 0 Å². The number of pyridine rings is 1. The third-order valence-electron chi connectivity index (χ3n) is 6.41. The minimum atomic E-state index is -4.86. The van der Waals surface area contributed by atoms with Gasteiger partial charge in [-0.25, -0.2) is 14.7 Å². The molecule has 0 spiro atoms. The summed E-state index contributed by atoms with van der Waals surface area (Å²) in [4.78, 5) is 56.5. The molecule has 1 saturated heterocycles. The van der Waals surface area contributed by atoms with Crippen molar-refractivity contribution in [2.75, 3.05) is 11.5 Å². The van der Waals surface area contributed by atoms with Gasteiger partial charge in [-0.15, -0.1) is 11.3 Å². The molecule has 1 unspecified atom stereocenters. The van der Waals surface area contributed by atoms with Crippen molar-refractivity contribution in [1.82, 2.24) is 4.98 Å². The second-order valence-electron chi connectivity index (χ2n) is 9.23. The highest BCUT2D eigenvalue weighted by atomic mass is 35.5. The predicted octanol–water partition coefficient (Wildman–Crippen LogP) is 6.82. The Kier molecular flexibility index (Phi) is 8.87. The van der Waals surface area contributed by atoms with Crippen molar-refractivity contribution < 1.29 is 37.1 Å². The Morgan fingerprint density at radius 3 is 2.48 bits per heavy atom. The molecule has 0 saturated carbocycles. The zero-order valence-corrected chi connectivity index (χ0v) is 24.5. The second-order valence-corrected chi connectivity index (χ2v) is 11.8. The molecule has 2 aromatic carbocycles. The van der Waals surface area contributed by atoms with Crippen molar-refractivity contribution in [2.24, 2.45) is 0 Å². The van der Waals surface area contributed by atoms with E-state index in [1.165, 1.54) is 36.4 Å². The lowest BCUT2D eigenvalue weighted by atomic mass is 10.1. The van der Waals surface area contributed by atoms with Gasteiger partial charge in [0.05, 0.1) is 43.2 Å². The van der Waals surface area contributed by atoms with E-state index in [1.54, 1.807) is 35.7 Å². The van der Waals surface area contributed by atoms with E-state index in [9.17, 15) is 37.6 Å². The summed E-state index contributed by atoms with van der Waals surface area (Å²) in [5.41, 5.74) is -1.59. The summed E-state index contributed by atoms with van der Waals surface area (Å²) in [6.45, 7) is -0.561. The molecule has 0 N–H and O–H groups in total. The number of anilines is 1. The van der Waals surface area contributed by atoms with Crippen LogP contribution in [0.4, 0.5) is 18.9 Å². The maximum atomic E-state index is 13.9. The first kappa shape index (κ1) is 30.9. The molecule has 0 radical (unpaired) electrons. The number of halogens is 4. The third kappa shape index (κ3) is 6.37. The standard InChI is InChI=1S/C30H17ClF3N3O5S2/c31-21-5-2-1-4-18(21)23(38)15-42-29(41)16-7-9-17(10-8-16)37-26(39)13-25(28(37)40)44-27-19(14-35)20(30(32,33)34)12-22(36-27)24-6-3-11-43-24/h1-12,25H,13,15H2. The molecule has 5 rings (SSSR count). The van der Waals surface area contributed by atoms with E-state index in [0.717, 1.165) is 22.3 Å². The Balaban J connectivity index is 1.32. The Bertz CT molecular complexity index is 1820. The van der Waals surface area contributed by atoms with Gasteiger partial charge in [0.2, 0.25) is 17.6 Å². The van der Waals surface area contributed by atoms with Crippen LogP contribution >= 0.6 is 34.7 Å². The van der Waals surface area contributed by atoms with Crippen molar-refractivity contribution in [2.45, 2.75) is 22.9 Å². The van der Waals surface area contributed by atoms with Crippen LogP contribution in [-0.2, 0) is 20.5 Å². The summed E-state index contributed by atoms with van der Waals surface area (Å²) in [6, 6.07) is 17.1. The fourth-order valence-corrected chi connectivity index (χ4v) is 6.37. The molecule has 0 aliphatic carbocycles. The van der Waals surface area contributed by atoms with Gasteiger partial charge in [-0.1, -0.05) is 41.6 Å². The molecular formula is C30H17ClF3N3O5S2. The van der Waals surface area contributed by atoms with Gasteiger partial charge >= 0.3 is 12.1 Å². The van der Waals surface area contributed by atoms with Gasteiger partial charge in [-0.2, -0.15) is 18.4 Å². The number of rotatable bonds is 8. The minimum absolute atomic E-state index is 0.0153. The highest BCUT2D eigenvalue weighted by Crippen LogP contribution is 2.41. The van der Waals surface area contributed by atoms with Crippen LogP contribution in [0.25, 0.3) is 10.6 Å². The van der Waals surface area contributed by atoms with Crippen molar-refractivity contribution in [3.63, 3.8) is 0 Å². The number of alkyl halides is 3. The highest BCUT2D eigenvalue weighted by Gasteiger charge is 2.42. The van der Waals surface area contributed by atoms with E-state index in [-0.39, 0.29) is 39.0 Å². The van der Waals surface area contributed by atoms with E-state index in [0.29, 0.717) is 16.6 Å². The molecule has 1 aliphatic heterocycles. The van der Waals surface area contributed by atoms with E-state index >= 15 is 0 Å². The van der Waals surface area contributed by atoms with Gasteiger partial charge < -0.3 is 4.74 Å². The molecule has 1 fully saturated rings. The summed E-state index contributed by atoms with van der Waals surface area (Å²) in [5.74, 6) is -2.68. The number of ketones is 1. The molecule has 8 nitrogen and oxygen atoms in total. The molecule has 4 aromatic rings. The van der Waals surface area contributed by atoms with Crippen LogP contribution in [0.2, 0.25) is 5.02 Å². The molecular weight excluding hydrogens is 639 g/mol. The van der Waals surface area contributed by atoms with Gasteiger partial charge in [0.15, 0.2) is 6.61 Å². The first-order valence-corrected chi connectivity index (χ1v) is 14.8. The molecule has 14 heteroatoms. The average Bonchev–Trinajstić information content (AvgIpc) is 3.63. The number of carbonyl (C=O) groups is 4. The molecule has 222 valence electrons. The largest absolute Gasteiger partial charge is 0.454 e. The van der Waals surface area contributed by atoms with Crippen LogP contribution in [-0.4, -0.2) is 40.4 Å². The van der Waals surface area contributed by atoms with Gasteiger partial charge in [-0.3, -0.25) is 14.4 Å². The monoisotopic (exact) mass is 655 g/mol. The molecule has 2 amide bonds. The highest BCUT2D eigenvalue weighted by molar-refractivity contribution is 8.00. The number of thioether (sulfide) groups is 1. The number of hydrogen-bond acceptors (Lipinski definition) is 9. The topological polar surface area (TPSA) is 117 Å². The van der Waals surface area contributed by atoms with Gasteiger partial charge in [0.25, 0.3) is 0 Å². The number of carbonyl (C=O) groups excluding carboxylic acids is 4. The maximum absolute atomic E-state index is 13.9. The lowest BCUT2D eigenvalue weighted by Crippen LogP contribution is -2.31. The summed E-state index contributed by atoms with van der Waals surface area (Å²) >= 11 is 7.77. The van der Waals surface area contributed by atoms with Crippen LogP contribution in [0.15, 0.2) is 77.1 Å². The zero-order chi connectivity index (χ0) is 31.6. The van der Waals surface area contributed by atoms with Gasteiger partial charge in [0, 0.05) is 12.0 Å². The first-order chi connectivity index (χ1) is 21.0. The van der Waals surface area contributed by atoms with Gasteiger partial charge in [-0.05, 0) is 53.9 Å². The summed E-state index contributed by atoms with van der Waals surface area (Å²) < 4.78 is 46.7. The maximum Gasteiger partial charge on any atom is 0.417 e. The Labute approximate surface area is 261 Å². The lowest BCUT2D eigenvalue weighted by Gasteiger charge is -2.17. The molecule has 1 aliphatic rings. The third-order valence-corrected chi connectivity index (χ3v) is 8.80. The lowest BCUT2D eigenvalue weighted by molar-refractivity contribution is -0.138. The number of esters is 1. The van der Waals surface area contributed by atoms with E-state index < -0.39 is 52.7 Å². The average molecular weight is 656 g/mol. The summed E-state index contributed by atoms with van der Waals surface area (Å²) in [6.07, 6.45) is -5.21. The van der Waals surface area contributed by atoms with E-state index in [1.807, 2.05) is 0 Å². The Morgan fingerprint density at radius 1 is 1.11 bits per heavy atom. The number of aromatic nitrogens is 1. The number of nitrogens with zero attached hydrogens (tertiary/aromatic N) is 3. The summed E-state index contributed by atoms with van der Waals surface area (Å²) in [7, 11) is 0. The molecule has 44 heavy (non-hydrogen) atoms. The Morgan fingerprint density at radius 2 is 1.84 bits per heavy atom. The number of nitriles is 1. The minimum Gasteiger partial charge on any atom is -0.454 e.